The molecule has 1 N–H and O–H groups in total. The van der Waals surface area contributed by atoms with E-state index in [0.717, 1.165) is 0 Å². The molecule has 2 rings (SSSR count). The zero-order valence-corrected chi connectivity index (χ0v) is 14.0. The van der Waals surface area contributed by atoms with E-state index in [4.69, 9.17) is 4.74 Å². The fraction of sp³-hybridized carbons (Fsp3) is 0.643. The zero-order valence-electron chi connectivity index (χ0n) is 14.0. The average Bonchev–Trinajstić information content (AvgIpc) is 2.54. The Morgan fingerprint density at radius 2 is 1.96 bits per heavy atom. The van der Waals surface area contributed by atoms with Gasteiger partial charge in [0, 0.05) is 16.2 Å². The second-order valence-corrected chi connectivity index (χ2v) is 6.06. The summed E-state index contributed by atoms with van der Waals surface area (Å²) in [6.45, 7) is 2.77. The van der Waals surface area contributed by atoms with Crippen LogP contribution in [0.2, 0.25) is 0 Å². The highest BCUT2D eigenvalue weighted by molar-refractivity contribution is 6.09. The van der Waals surface area contributed by atoms with E-state index < -0.39 is 67.6 Å². The van der Waals surface area contributed by atoms with Gasteiger partial charge in [-0.05, 0) is 13.3 Å². The third-order valence-corrected chi connectivity index (χ3v) is 5.05. The van der Waals surface area contributed by atoms with Crippen LogP contribution in [0, 0.1) is 42.7 Å². The first kappa shape index (κ1) is 19.3. The maximum absolute atomic E-state index is 12.8. The lowest BCUT2D eigenvalue weighted by Crippen LogP contribution is -2.63. The third kappa shape index (κ3) is 2.57. The van der Waals surface area contributed by atoms with Gasteiger partial charge in [-0.1, -0.05) is 6.92 Å². The quantitative estimate of drug-likeness (QED) is 0.178. The summed E-state index contributed by atoms with van der Waals surface area (Å²) in [6.07, 6.45) is -0.129. The molecule has 0 aromatic carbocycles. The molecule has 26 heavy (non-hydrogen) atoms. The minimum Gasteiger partial charge on any atom is -0.465 e. The summed E-state index contributed by atoms with van der Waals surface area (Å²) in [6, 6.07) is -1.80. The molecule has 0 aliphatic heterocycles. The molecule has 2 bridgehead atoms. The number of hydrogen-bond donors (Lipinski definition) is 1. The van der Waals surface area contributed by atoms with Crippen molar-refractivity contribution >= 4 is 17.5 Å². The highest BCUT2D eigenvalue weighted by Crippen LogP contribution is 2.51. The van der Waals surface area contributed by atoms with Crippen molar-refractivity contribution in [2.24, 2.45) is 17.3 Å². The van der Waals surface area contributed by atoms with Crippen LogP contribution in [0.1, 0.15) is 26.7 Å². The lowest BCUT2D eigenvalue weighted by Gasteiger charge is -2.43. The standard InChI is InChI=1S/C14H17N3O9/c1-3-14(13(19)26-4-2)10(18)5-7-8(15(20)21)6-9(16(22)23)11(14)12(7)17(24)25/h6-7,11-12H,3-5H2,1-2H3,(H,20,21)/t7-,11+,12+,14+/m0/s1. The van der Waals surface area contributed by atoms with E-state index in [9.17, 15) is 40.2 Å². The predicted octanol–water partition coefficient (Wildman–Crippen LogP) is 0.311. The number of nitro groups is 2. The molecule has 0 unspecified atom stereocenters. The topological polar surface area (TPSA) is 176 Å². The van der Waals surface area contributed by atoms with Crippen LogP contribution >= 0.6 is 0 Å². The Labute approximate surface area is 146 Å². The average molecular weight is 371 g/mol. The number of esters is 1. The predicted molar refractivity (Wildman–Crippen MR) is 82.2 cm³/mol. The number of nitrogens with zero attached hydrogens (tertiary/aromatic N) is 3. The number of Topliss-reactive ketones (excluding diaryl/α,β-unsaturated/α-hetero) is 1. The maximum Gasteiger partial charge on any atom is 0.320 e. The summed E-state index contributed by atoms with van der Waals surface area (Å²) < 4.78 is 4.91. The van der Waals surface area contributed by atoms with Crippen molar-refractivity contribution in [2.45, 2.75) is 32.7 Å². The molecule has 0 heterocycles. The Hall–Kier alpha value is -3.05. The summed E-state index contributed by atoms with van der Waals surface area (Å²) in [7, 11) is 0. The van der Waals surface area contributed by atoms with E-state index in [1.54, 1.807) is 0 Å². The van der Waals surface area contributed by atoms with Crippen molar-refractivity contribution in [3.8, 4) is 0 Å². The van der Waals surface area contributed by atoms with E-state index in [2.05, 4.69) is 0 Å². The van der Waals surface area contributed by atoms with Gasteiger partial charge >= 0.3 is 5.97 Å². The Kier molecular flexibility index (Phi) is 4.96. The molecule has 0 amide bonds. The molecule has 0 spiro atoms. The molecular formula is C14H17N3O9. The SMILES string of the molecule is CCOC(=O)[C@]1(CC)C(=O)C[C@H]2C(=[N+]([O-])O)C=C([N+](=O)[O-])[C@@H]1[C@@H]2[N+](=O)[O-]. The number of hydrogen-bond acceptors (Lipinski definition) is 9. The van der Waals surface area contributed by atoms with Gasteiger partial charge in [0.05, 0.1) is 17.6 Å². The molecule has 2 aliphatic rings. The monoisotopic (exact) mass is 371 g/mol. The van der Waals surface area contributed by atoms with Gasteiger partial charge < -0.3 is 9.94 Å². The van der Waals surface area contributed by atoms with Crippen LogP contribution in [0.5, 0.6) is 0 Å². The fourth-order valence-electron chi connectivity index (χ4n) is 3.95. The van der Waals surface area contributed by atoms with E-state index in [1.165, 1.54) is 13.8 Å². The summed E-state index contributed by atoms with van der Waals surface area (Å²) in [5.74, 6) is -4.96. The number of allylic oxidation sites excluding steroid dienone is 1. The first-order valence-electron chi connectivity index (χ1n) is 7.86. The molecule has 0 saturated heterocycles. The number of carbonyl (C=O) groups is 2. The van der Waals surface area contributed by atoms with Gasteiger partial charge in [-0.2, -0.15) is 0 Å². The van der Waals surface area contributed by atoms with Crippen LogP contribution in [0.25, 0.3) is 0 Å². The number of ketones is 1. The number of ether oxygens (including phenoxy) is 1. The highest BCUT2D eigenvalue weighted by Gasteiger charge is 2.71. The van der Waals surface area contributed by atoms with E-state index in [0.29, 0.717) is 6.08 Å². The Balaban J connectivity index is 2.84. The summed E-state index contributed by atoms with van der Waals surface area (Å²) in [5, 5.41) is 43.7. The fourth-order valence-corrected chi connectivity index (χ4v) is 3.95. The summed E-state index contributed by atoms with van der Waals surface area (Å²) >= 11 is 0. The molecule has 0 aromatic heterocycles. The summed E-state index contributed by atoms with van der Waals surface area (Å²) in [4.78, 5) is 46.0. The minimum atomic E-state index is -2.10. The second-order valence-electron chi connectivity index (χ2n) is 6.06. The molecule has 4 atom stereocenters. The summed E-state index contributed by atoms with van der Waals surface area (Å²) in [5.41, 5.74) is -3.61. The second kappa shape index (κ2) is 6.69. The molecule has 0 radical (unpaired) electrons. The number of carbonyl (C=O) groups excluding carboxylic acids is 2. The smallest absolute Gasteiger partial charge is 0.320 e. The van der Waals surface area contributed by atoms with Crippen molar-refractivity contribution in [1.82, 2.24) is 0 Å². The van der Waals surface area contributed by atoms with Crippen molar-refractivity contribution in [3.05, 3.63) is 37.2 Å². The Bertz CT molecular complexity index is 740. The van der Waals surface area contributed by atoms with E-state index >= 15 is 0 Å². The van der Waals surface area contributed by atoms with Crippen molar-refractivity contribution in [1.29, 1.82) is 0 Å². The lowest BCUT2D eigenvalue weighted by atomic mass is 9.55. The molecule has 1 fully saturated rings. The van der Waals surface area contributed by atoms with Gasteiger partial charge in [0.15, 0.2) is 5.78 Å². The highest BCUT2D eigenvalue weighted by atomic mass is 16.8. The first-order valence-corrected chi connectivity index (χ1v) is 7.86. The molecule has 0 aromatic rings. The van der Waals surface area contributed by atoms with E-state index in [1.807, 2.05) is 0 Å². The van der Waals surface area contributed by atoms with Crippen LogP contribution in [0.15, 0.2) is 11.8 Å². The number of rotatable bonds is 5. The van der Waals surface area contributed by atoms with Gasteiger partial charge in [-0.15, -0.1) is 0 Å². The number of fused-ring (bicyclic) bond motifs is 2. The molecule has 2 aliphatic carbocycles. The van der Waals surface area contributed by atoms with Crippen molar-refractivity contribution in [2.75, 3.05) is 6.61 Å². The van der Waals surface area contributed by atoms with Crippen LogP contribution in [-0.2, 0) is 14.3 Å². The van der Waals surface area contributed by atoms with Crippen LogP contribution in [-0.4, -0.2) is 50.1 Å². The normalized spacial score (nSPS) is 32.5. The molecule has 1 saturated carbocycles. The van der Waals surface area contributed by atoms with Crippen LogP contribution in [0.3, 0.4) is 0 Å². The molecular weight excluding hydrogens is 354 g/mol. The molecule has 142 valence electrons. The minimum absolute atomic E-state index is 0.118. The first-order chi connectivity index (χ1) is 12.1. The van der Waals surface area contributed by atoms with Gasteiger partial charge in [0.25, 0.3) is 11.4 Å². The van der Waals surface area contributed by atoms with Crippen molar-refractivity contribution in [3.63, 3.8) is 0 Å². The van der Waals surface area contributed by atoms with Crippen molar-refractivity contribution < 1.29 is 34.3 Å². The lowest BCUT2D eigenvalue weighted by molar-refractivity contribution is -0.728. The molecule has 12 nitrogen and oxygen atoms in total. The van der Waals surface area contributed by atoms with Gasteiger partial charge in [0.2, 0.25) is 6.04 Å². The largest absolute Gasteiger partial charge is 0.465 e. The Morgan fingerprint density at radius 3 is 2.38 bits per heavy atom. The van der Waals surface area contributed by atoms with Gasteiger partial charge in [0.1, 0.15) is 17.3 Å². The molecule has 12 heteroatoms. The zero-order chi connectivity index (χ0) is 19.8. The maximum atomic E-state index is 12.8. The van der Waals surface area contributed by atoms with Crippen LogP contribution < -0.4 is 0 Å². The third-order valence-electron chi connectivity index (χ3n) is 5.05. The Morgan fingerprint density at radius 1 is 1.35 bits per heavy atom. The van der Waals surface area contributed by atoms with Crippen LogP contribution in [0.4, 0.5) is 0 Å². The van der Waals surface area contributed by atoms with E-state index in [-0.39, 0.29) is 13.0 Å². The van der Waals surface area contributed by atoms with Gasteiger partial charge in [-0.25, -0.2) is 0 Å². The van der Waals surface area contributed by atoms with Gasteiger partial charge in [-0.3, -0.25) is 35.0 Å².